The summed E-state index contributed by atoms with van der Waals surface area (Å²) in [6, 6.07) is 12.6. The van der Waals surface area contributed by atoms with Crippen molar-refractivity contribution in [3.05, 3.63) is 69.6 Å². The number of fused-ring (bicyclic) bond motifs is 1. The molecule has 0 spiro atoms. The predicted molar refractivity (Wildman–Crippen MR) is 112 cm³/mol. The second-order valence-corrected chi connectivity index (χ2v) is 8.67. The molecular weight excluding hydrogens is 386 g/mol. The van der Waals surface area contributed by atoms with Crippen LogP contribution in [0.3, 0.4) is 0 Å². The van der Waals surface area contributed by atoms with E-state index in [4.69, 9.17) is 4.52 Å². The molecule has 1 aromatic carbocycles. The molecule has 0 saturated heterocycles. The first-order chi connectivity index (χ1) is 14.0. The number of benzene rings is 1. The van der Waals surface area contributed by atoms with Crippen LogP contribution in [0.5, 0.6) is 0 Å². The normalized spacial score (nSPS) is 18.8. The zero-order valence-corrected chi connectivity index (χ0v) is 17.4. The Bertz CT molecular complexity index is 1030. The molecule has 2 aromatic heterocycles. The first-order valence-electron chi connectivity index (χ1n) is 9.63. The topological polar surface area (TPSA) is 75.4 Å². The zero-order valence-electron chi connectivity index (χ0n) is 16.6. The van der Waals surface area contributed by atoms with Crippen molar-refractivity contribution in [3.63, 3.8) is 0 Å². The van der Waals surface area contributed by atoms with Crippen LogP contribution in [0.25, 0.3) is 0 Å². The van der Waals surface area contributed by atoms with Crippen LogP contribution >= 0.6 is 11.3 Å². The molecule has 0 unspecified atom stereocenters. The standard InChI is InChI=1S/C22H23N3O3S/c1-13(2)12-25-20(17-9-6-10-29-17)19(15-7-4-5-8-16(15)22(25)27)21(26)23-18-11-14(3)28-24-18/h4-11,13,19-20H,12H2,1-3H3,(H,23,24,26)/t19-,20+/m1/s1. The summed E-state index contributed by atoms with van der Waals surface area (Å²) < 4.78 is 5.08. The number of hydrogen-bond donors (Lipinski definition) is 1. The largest absolute Gasteiger partial charge is 0.360 e. The summed E-state index contributed by atoms with van der Waals surface area (Å²) in [5.41, 5.74) is 1.33. The fourth-order valence-electron chi connectivity index (χ4n) is 3.88. The van der Waals surface area contributed by atoms with Crippen molar-refractivity contribution in [1.29, 1.82) is 0 Å². The molecule has 0 bridgehead atoms. The molecule has 29 heavy (non-hydrogen) atoms. The predicted octanol–water partition coefficient (Wildman–Crippen LogP) is 4.62. The molecule has 3 heterocycles. The van der Waals surface area contributed by atoms with Gasteiger partial charge in [-0.3, -0.25) is 9.59 Å². The first-order valence-corrected chi connectivity index (χ1v) is 10.5. The van der Waals surface area contributed by atoms with Gasteiger partial charge in [0, 0.05) is 23.1 Å². The van der Waals surface area contributed by atoms with E-state index in [9.17, 15) is 9.59 Å². The van der Waals surface area contributed by atoms with Crippen LogP contribution in [0.4, 0.5) is 5.82 Å². The number of aromatic nitrogens is 1. The lowest BCUT2D eigenvalue weighted by molar-refractivity contribution is -0.119. The lowest BCUT2D eigenvalue weighted by atomic mass is 9.81. The summed E-state index contributed by atoms with van der Waals surface area (Å²) in [6.45, 7) is 6.50. The zero-order chi connectivity index (χ0) is 20.5. The third-order valence-electron chi connectivity index (χ3n) is 5.00. The maximum Gasteiger partial charge on any atom is 0.254 e. The molecule has 4 rings (SSSR count). The Morgan fingerprint density at radius 1 is 1.28 bits per heavy atom. The number of carbonyl (C=O) groups excluding carboxylic acids is 2. The first kappa shape index (κ1) is 19.4. The highest BCUT2D eigenvalue weighted by atomic mass is 32.1. The van der Waals surface area contributed by atoms with Gasteiger partial charge in [-0.05, 0) is 35.9 Å². The van der Waals surface area contributed by atoms with E-state index >= 15 is 0 Å². The summed E-state index contributed by atoms with van der Waals surface area (Å²) in [6.07, 6.45) is 0. The molecule has 2 amide bonds. The number of aryl methyl sites for hydroxylation is 1. The molecule has 0 radical (unpaired) electrons. The fraction of sp³-hybridized carbons (Fsp3) is 0.318. The van der Waals surface area contributed by atoms with Crippen molar-refractivity contribution in [3.8, 4) is 0 Å². The summed E-state index contributed by atoms with van der Waals surface area (Å²) in [7, 11) is 0. The van der Waals surface area contributed by atoms with Gasteiger partial charge in [0.15, 0.2) is 5.82 Å². The summed E-state index contributed by atoms with van der Waals surface area (Å²) in [5.74, 6) is 0.490. The van der Waals surface area contributed by atoms with E-state index in [0.29, 0.717) is 23.7 Å². The van der Waals surface area contributed by atoms with Gasteiger partial charge in [0.2, 0.25) is 5.91 Å². The number of nitrogens with zero attached hydrogens (tertiary/aromatic N) is 2. The highest BCUT2D eigenvalue weighted by Crippen LogP contribution is 2.44. The molecule has 1 N–H and O–H groups in total. The number of nitrogens with one attached hydrogen (secondary N) is 1. The number of amides is 2. The molecular formula is C22H23N3O3S. The number of thiophene rings is 1. The van der Waals surface area contributed by atoms with Crippen LogP contribution in [0.1, 0.15) is 52.4 Å². The van der Waals surface area contributed by atoms with Gasteiger partial charge in [-0.15, -0.1) is 11.3 Å². The quantitative estimate of drug-likeness (QED) is 0.667. The van der Waals surface area contributed by atoms with Crippen molar-refractivity contribution in [2.75, 3.05) is 11.9 Å². The third-order valence-corrected chi connectivity index (χ3v) is 5.94. The molecule has 7 heteroatoms. The minimum absolute atomic E-state index is 0.0333. The molecule has 3 aromatic rings. The van der Waals surface area contributed by atoms with Gasteiger partial charge >= 0.3 is 0 Å². The fourth-order valence-corrected chi connectivity index (χ4v) is 4.75. The lowest BCUT2D eigenvalue weighted by Crippen LogP contribution is -2.47. The van der Waals surface area contributed by atoms with Crippen molar-refractivity contribution in [2.24, 2.45) is 5.92 Å². The molecule has 2 atom stereocenters. The van der Waals surface area contributed by atoms with E-state index < -0.39 is 5.92 Å². The maximum absolute atomic E-state index is 13.5. The summed E-state index contributed by atoms with van der Waals surface area (Å²) in [4.78, 5) is 29.7. The molecule has 0 saturated carbocycles. The minimum Gasteiger partial charge on any atom is -0.360 e. The number of hydrogen-bond acceptors (Lipinski definition) is 5. The van der Waals surface area contributed by atoms with Crippen LogP contribution in [-0.4, -0.2) is 28.4 Å². The lowest BCUT2D eigenvalue weighted by Gasteiger charge is -2.41. The van der Waals surface area contributed by atoms with Gasteiger partial charge in [-0.25, -0.2) is 0 Å². The highest BCUT2D eigenvalue weighted by molar-refractivity contribution is 7.10. The van der Waals surface area contributed by atoms with E-state index in [1.54, 1.807) is 30.4 Å². The second kappa shape index (κ2) is 7.83. The number of carbonyl (C=O) groups is 2. The highest BCUT2D eigenvalue weighted by Gasteiger charge is 2.44. The number of anilines is 1. The molecule has 6 nitrogen and oxygen atoms in total. The van der Waals surface area contributed by atoms with Gasteiger partial charge < -0.3 is 14.7 Å². The maximum atomic E-state index is 13.5. The molecule has 0 aliphatic carbocycles. The van der Waals surface area contributed by atoms with Crippen molar-refractivity contribution in [2.45, 2.75) is 32.7 Å². The van der Waals surface area contributed by atoms with Gasteiger partial charge in [0.1, 0.15) is 5.76 Å². The van der Waals surface area contributed by atoms with Crippen molar-refractivity contribution >= 4 is 29.0 Å². The molecule has 1 aliphatic heterocycles. The van der Waals surface area contributed by atoms with E-state index in [2.05, 4.69) is 24.3 Å². The summed E-state index contributed by atoms with van der Waals surface area (Å²) in [5, 5.41) is 8.74. The van der Waals surface area contributed by atoms with Crippen LogP contribution in [-0.2, 0) is 4.79 Å². The van der Waals surface area contributed by atoms with Crippen LogP contribution in [0.2, 0.25) is 0 Å². The van der Waals surface area contributed by atoms with E-state index in [0.717, 1.165) is 10.4 Å². The second-order valence-electron chi connectivity index (χ2n) is 7.69. The summed E-state index contributed by atoms with van der Waals surface area (Å²) >= 11 is 1.56. The molecule has 0 fully saturated rings. The van der Waals surface area contributed by atoms with Gasteiger partial charge in [-0.1, -0.05) is 43.3 Å². The Morgan fingerprint density at radius 3 is 2.72 bits per heavy atom. The van der Waals surface area contributed by atoms with Gasteiger partial charge in [0.25, 0.3) is 5.91 Å². The van der Waals surface area contributed by atoms with E-state index in [-0.39, 0.29) is 23.8 Å². The van der Waals surface area contributed by atoms with E-state index in [1.807, 2.05) is 40.6 Å². The molecule has 150 valence electrons. The average Bonchev–Trinajstić information content (AvgIpc) is 3.35. The number of rotatable bonds is 5. The minimum atomic E-state index is -0.543. The SMILES string of the molecule is Cc1cc(NC(=O)[C@@H]2c3ccccc3C(=O)N(CC(C)C)[C@H]2c2cccs2)no1. The van der Waals surface area contributed by atoms with Gasteiger partial charge in [-0.2, -0.15) is 0 Å². The Kier molecular flexibility index (Phi) is 5.24. The smallest absolute Gasteiger partial charge is 0.254 e. The van der Waals surface area contributed by atoms with E-state index in [1.165, 1.54) is 0 Å². The van der Waals surface area contributed by atoms with Crippen molar-refractivity contribution < 1.29 is 14.1 Å². The Morgan fingerprint density at radius 2 is 2.07 bits per heavy atom. The Balaban J connectivity index is 1.82. The Hall–Kier alpha value is -2.93. The van der Waals surface area contributed by atoms with Crippen LogP contribution < -0.4 is 5.32 Å². The third kappa shape index (κ3) is 3.70. The Labute approximate surface area is 173 Å². The van der Waals surface area contributed by atoms with Crippen LogP contribution in [0.15, 0.2) is 52.4 Å². The molecule has 1 aliphatic rings. The van der Waals surface area contributed by atoms with Crippen molar-refractivity contribution in [1.82, 2.24) is 10.1 Å². The van der Waals surface area contributed by atoms with Gasteiger partial charge in [0.05, 0.1) is 12.0 Å². The monoisotopic (exact) mass is 409 g/mol. The average molecular weight is 410 g/mol. The van der Waals surface area contributed by atoms with Crippen LogP contribution in [0, 0.1) is 12.8 Å².